The predicted octanol–water partition coefficient (Wildman–Crippen LogP) is 4.30. The number of esters is 1. The van der Waals surface area contributed by atoms with Crippen LogP contribution in [0, 0.1) is 11.3 Å². The molecule has 1 saturated heterocycles. The van der Waals surface area contributed by atoms with Crippen molar-refractivity contribution < 1.29 is 14.3 Å². The largest absolute Gasteiger partial charge is 0.426 e. The maximum Gasteiger partial charge on any atom is 0.311 e. The van der Waals surface area contributed by atoms with Crippen molar-refractivity contribution in [1.82, 2.24) is 4.90 Å². The van der Waals surface area contributed by atoms with Crippen LogP contribution in [0.15, 0.2) is 60.7 Å². The van der Waals surface area contributed by atoms with Gasteiger partial charge < -0.3 is 15.4 Å². The fourth-order valence-corrected chi connectivity index (χ4v) is 3.53. The highest BCUT2D eigenvalue weighted by molar-refractivity contribution is 6.06. The lowest BCUT2D eigenvalue weighted by Gasteiger charge is -2.31. The SMILES string of the molecule is Cl.N=C(N)N1CCC(CCC(=O)Oc2ccccc2C=CC(=O)c2ccccc2)CC1. The highest BCUT2D eigenvalue weighted by Gasteiger charge is 2.21. The zero-order valence-electron chi connectivity index (χ0n) is 17.3. The smallest absolute Gasteiger partial charge is 0.311 e. The Labute approximate surface area is 189 Å². The summed E-state index contributed by atoms with van der Waals surface area (Å²) in [5, 5.41) is 7.48. The van der Waals surface area contributed by atoms with Crippen LogP contribution in [-0.2, 0) is 4.79 Å². The third-order valence-corrected chi connectivity index (χ3v) is 5.33. The zero-order valence-corrected chi connectivity index (χ0v) is 18.1. The number of carbonyl (C=O) groups is 2. The van der Waals surface area contributed by atoms with Crippen molar-refractivity contribution in [3.63, 3.8) is 0 Å². The van der Waals surface area contributed by atoms with E-state index in [0.717, 1.165) is 32.4 Å². The second-order valence-corrected chi connectivity index (χ2v) is 7.43. The van der Waals surface area contributed by atoms with Gasteiger partial charge in [0.05, 0.1) is 0 Å². The summed E-state index contributed by atoms with van der Waals surface area (Å²) in [5.41, 5.74) is 6.82. The van der Waals surface area contributed by atoms with E-state index in [1.807, 2.05) is 35.2 Å². The number of halogens is 1. The van der Waals surface area contributed by atoms with E-state index in [2.05, 4.69) is 0 Å². The summed E-state index contributed by atoms with van der Waals surface area (Å²) < 4.78 is 5.57. The highest BCUT2D eigenvalue weighted by Crippen LogP contribution is 2.24. The molecule has 1 heterocycles. The Kier molecular flexibility index (Phi) is 9.28. The number of nitrogens with two attached hydrogens (primary N) is 1. The molecule has 0 radical (unpaired) electrons. The number of likely N-dealkylation sites (tertiary alicyclic amines) is 1. The van der Waals surface area contributed by atoms with Crippen molar-refractivity contribution in [1.29, 1.82) is 5.41 Å². The first kappa shape index (κ1) is 24.2. The molecule has 0 saturated carbocycles. The number of allylic oxidation sites excluding steroid dienone is 1. The van der Waals surface area contributed by atoms with E-state index in [0.29, 0.717) is 29.2 Å². The number of para-hydroxylation sites is 1. The van der Waals surface area contributed by atoms with Crippen molar-refractivity contribution in [2.45, 2.75) is 25.7 Å². The summed E-state index contributed by atoms with van der Waals surface area (Å²) in [6, 6.07) is 16.2. The second kappa shape index (κ2) is 11.9. The molecule has 0 aliphatic carbocycles. The molecule has 1 aliphatic heterocycles. The molecular weight excluding hydrogens is 414 g/mol. The minimum Gasteiger partial charge on any atom is -0.426 e. The fraction of sp³-hybridized carbons (Fsp3) is 0.292. The van der Waals surface area contributed by atoms with Gasteiger partial charge in [-0.05, 0) is 43.4 Å². The molecule has 7 heteroatoms. The van der Waals surface area contributed by atoms with Gasteiger partial charge in [0.1, 0.15) is 5.75 Å². The summed E-state index contributed by atoms with van der Waals surface area (Å²) in [7, 11) is 0. The van der Waals surface area contributed by atoms with E-state index in [4.69, 9.17) is 15.9 Å². The first-order valence-corrected chi connectivity index (χ1v) is 10.2. The molecular formula is C24H28ClN3O3. The van der Waals surface area contributed by atoms with Gasteiger partial charge in [-0.15, -0.1) is 12.4 Å². The Morgan fingerprint density at radius 2 is 1.71 bits per heavy atom. The Morgan fingerprint density at radius 1 is 1.06 bits per heavy atom. The lowest BCUT2D eigenvalue weighted by Crippen LogP contribution is -2.42. The quantitative estimate of drug-likeness (QED) is 0.167. The molecule has 0 spiro atoms. The van der Waals surface area contributed by atoms with Gasteiger partial charge in [-0.2, -0.15) is 0 Å². The van der Waals surface area contributed by atoms with Crippen molar-refractivity contribution in [2.75, 3.05) is 13.1 Å². The molecule has 31 heavy (non-hydrogen) atoms. The van der Waals surface area contributed by atoms with Crippen molar-refractivity contribution >= 4 is 36.2 Å². The monoisotopic (exact) mass is 441 g/mol. The Hall–Kier alpha value is -3.12. The number of ketones is 1. The Balaban J connectivity index is 0.00000341. The summed E-state index contributed by atoms with van der Waals surface area (Å²) in [6.45, 7) is 1.52. The van der Waals surface area contributed by atoms with Gasteiger partial charge in [-0.25, -0.2) is 0 Å². The third-order valence-electron chi connectivity index (χ3n) is 5.33. The second-order valence-electron chi connectivity index (χ2n) is 7.43. The van der Waals surface area contributed by atoms with Gasteiger partial charge in [0, 0.05) is 30.6 Å². The molecule has 2 aromatic carbocycles. The van der Waals surface area contributed by atoms with Gasteiger partial charge in [-0.3, -0.25) is 15.0 Å². The van der Waals surface area contributed by atoms with Crippen LogP contribution in [0.4, 0.5) is 0 Å². The van der Waals surface area contributed by atoms with Crippen molar-refractivity contribution in [2.24, 2.45) is 11.7 Å². The molecule has 2 aromatic rings. The number of ether oxygens (including phenoxy) is 1. The number of nitrogens with one attached hydrogen (secondary N) is 1. The van der Waals surface area contributed by atoms with Crippen LogP contribution in [0.2, 0.25) is 0 Å². The van der Waals surface area contributed by atoms with Crippen LogP contribution in [-0.4, -0.2) is 35.7 Å². The lowest BCUT2D eigenvalue weighted by atomic mass is 9.92. The maximum atomic E-state index is 12.4. The number of hydrogen-bond donors (Lipinski definition) is 2. The molecule has 3 N–H and O–H groups in total. The molecule has 6 nitrogen and oxygen atoms in total. The lowest BCUT2D eigenvalue weighted by molar-refractivity contribution is -0.134. The average molecular weight is 442 g/mol. The number of carbonyl (C=O) groups excluding carboxylic acids is 2. The van der Waals surface area contributed by atoms with E-state index >= 15 is 0 Å². The van der Waals surface area contributed by atoms with E-state index in [-0.39, 0.29) is 30.1 Å². The first-order valence-electron chi connectivity index (χ1n) is 10.2. The minimum atomic E-state index is -0.278. The molecule has 164 valence electrons. The van der Waals surface area contributed by atoms with Gasteiger partial charge in [0.25, 0.3) is 0 Å². The van der Waals surface area contributed by atoms with Gasteiger partial charge in [0.15, 0.2) is 11.7 Å². The number of rotatable bonds is 7. The number of nitrogens with zero attached hydrogens (tertiary/aromatic N) is 1. The number of benzene rings is 2. The maximum absolute atomic E-state index is 12.4. The molecule has 3 rings (SSSR count). The van der Waals surface area contributed by atoms with Crippen LogP contribution in [0.5, 0.6) is 5.75 Å². The minimum absolute atomic E-state index is 0. The predicted molar refractivity (Wildman–Crippen MR) is 125 cm³/mol. The standard InChI is InChI=1S/C24H27N3O3.ClH/c25-24(26)27-16-14-18(15-17-27)10-13-23(29)30-22-9-5-4-8-20(22)11-12-21(28)19-6-2-1-3-7-19;/h1-9,11-12,18H,10,13-17H2,(H3,25,26);1H. The van der Waals surface area contributed by atoms with Crippen LogP contribution in [0.1, 0.15) is 41.6 Å². The zero-order chi connectivity index (χ0) is 21.3. The van der Waals surface area contributed by atoms with Crippen LogP contribution < -0.4 is 10.5 Å². The van der Waals surface area contributed by atoms with Crippen LogP contribution >= 0.6 is 12.4 Å². The number of piperidine rings is 1. The summed E-state index contributed by atoms with van der Waals surface area (Å²) in [4.78, 5) is 26.5. The summed E-state index contributed by atoms with van der Waals surface area (Å²) in [6.07, 6.45) is 6.11. The molecule has 0 amide bonds. The van der Waals surface area contributed by atoms with Gasteiger partial charge in [0.2, 0.25) is 0 Å². The van der Waals surface area contributed by atoms with Gasteiger partial charge >= 0.3 is 5.97 Å². The number of hydrogen-bond acceptors (Lipinski definition) is 4. The molecule has 0 atom stereocenters. The molecule has 0 bridgehead atoms. The van der Waals surface area contributed by atoms with E-state index in [1.54, 1.807) is 30.3 Å². The normalized spacial score (nSPS) is 14.1. The molecule has 1 fully saturated rings. The van der Waals surface area contributed by atoms with E-state index in [1.165, 1.54) is 6.08 Å². The summed E-state index contributed by atoms with van der Waals surface area (Å²) in [5.74, 6) is 0.619. The van der Waals surface area contributed by atoms with Crippen LogP contribution in [0.3, 0.4) is 0 Å². The van der Waals surface area contributed by atoms with E-state index in [9.17, 15) is 9.59 Å². The van der Waals surface area contributed by atoms with E-state index < -0.39 is 0 Å². The fourth-order valence-electron chi connectivity index (χ4n) is 3.53. The van der Waals surface area contributed by atoms with Crippen molar-refractivity contribution in [3.8, 4) is 5.75 Å². The Morgan fingerprint density at radius 3 is 2.39 bits per heavy atom. The van der Waals surface area contributed by atoms with Crippen LogP contribution in [0.25, 0.3) is 6.08 Å². The van der Waals surface area contributed by atoms with Crippen molar-refractivity contribution in [3.05, 3.63) is 71.8 Å². The summed E-state index contributed by atoms with van der Waals surface area (Å²) >= 11 is 0. The topological polar surface area (TPSA) is 96.5 Å². The van der Waals surface area contributed by atoms with Gasteiger partial charge in [-0.1, -0.05) is 48.5 Å². The highest BCUT2D eigenvalue weighted by atomic mass is 35.5. The molecule has 0 aromatic heterocycles. The number of guanidine groups is 1. The molecule has 0 unspecified atom stereocenters. The Bertz CT molecular complexity index is 923. The average Bonchev–Trinajstić information content (AvgIpc) is 2.77. The first-order chi connectivity index (χ1) is 14.5. The molecule has 1 aliphatic rings. The third kappa shape index (κ3) is 7.26.